The summed E-state index contributed by atoms with van der Waals surface area (Å²) in [5.74, 6) is 3.53. The molecule has 0 amide bonds. The summed E-state index contributed by atoms with van der Waals surface area (Å²) in [6, 6.07) is 81.4. The van der Waals surface area contributed by atoms with Crippen LogP contribution >= 0.6 is 0 Å². The third-order valence-electron chi connectivity index (χ3n) is 14.5. The molecule has 1 aliphatic heterocycles. The Morgan fingerprint density at radius 1 is 0.357 bits per heavy atom. The van der Waals surface area contributed by atoms with Crippen molar-refractivity contribution in [2.75, 3.05) is 0 Å². The SMILES string of the molecule is c1ccc(-c2nc(-c3ccccc3)nc(-c3ccc4c(c3)C3(c5ccccc5Oc5ccccc53)c3ccc(-c5ccc6c7ccc8c9ccccc9oc8c7n(-c7ccccc7)c6c5)cc3-4)n2)cc1. The number of furan rings is 1. The number of rotatable bonds is 5. The fourth-order valence-electron chi connectivity index (χ4n) is 11.5. The minimum absolute atomic E-state index is 0.609. The number of para-hydroxylation sites is 4. The second kappa shape index (κ2) is 14.8. The molecule has 0 bridgehead atoms. The molecule has 6 nitrogen and oxygen atoms in total. The first-order valence-corrected chi connectivity index (χ1v) is 23.7. The Bertz CT molecular complexity index is 4170. The summed E-state index contributed by atoms with van der Waals surface area (Å²) in [6.45, 7) is 0. The van der Waals surface area contributed by atoms with Gasteiger partial charge in [0.2, 0.25) is 0 Å². The standard InChI is InChI=1S/C64H38N4O2/c1-4-16-39(17-5-1)61-65-62(40-18-6-2-7-19-40)67-63(66-61)43-29-31-45-50-36-41(30-35-51(50)64(54(45)37-43)52-23-11-14-26-57(52)69-58-27-15-12-24-53(58)64)42-28-32-46-48-33-34-49-47-22-10-13-25-56(47)70-60(49)59(48)68(55(46)38-42)44-20-8-3-9-21-44/h1-38H. The molecule has 0 radical (unpaired) electrons. The molecule has 1 spiro atoms. The summed E-state index contributed by atoms with van der Waals surface area (Å²) in [6.07, 6.45) is 0. The monoisotopic (exact) mass is 894 g/mol. The molecule has 0 N–H and O–H groups in total. The number of hydrogen-bond donors (Lipinski definition) is 0. The molecule has 15 rings (SSSR count). The van der Waals surface area contributed by atoms with Crippen LogP contribution in [0.3, 0.4) is 0 Å². The highest BCUT2D eigenvalue weighted by Crippen LogP contribution is 2.63. The predicted octanol–water partition coefficient (Wildman–Crippen LogP) is 16.0. The molecule has 10 aromatic carbocycles. The smallest absolute Gasteiger partial charge is 0.164 e. The summed E-state index contributed by atoms with van der Waals surface area (Å²) in [7, 11) is 0. The molecule has 0 fully saturated rings. The van der Waals surface area contributed by atoms with Gasteiger partial charge in [-0.05, 0) is 88.0 Å². The summed E-state index contributed by atoms with van der Waals surface area (Å²) >= 11 is 0. The van der Waals surface area contributed by atoms with Gasteiger partial charge in [0.1, 0.15) is 17.1 Å². The molecular weight excluding hydrogens is 857 g/mol. The van der Waals surface area contributed by atoms with Crippen molar-refractivity contribution in [2.24, 2.45) is 0 Å². The molecule has 0 unspecified atom stereocenters. The molecule has 6 heteroatoms. The average Bonchev–Trinajstić information content (AvgIpc) is 4.08. The fraction of sp³-hybridized carbons (Fsp3) is 0.0156. The highest BCUT2D eigenvalue weighted by Gasteiger charge is 2.51. The molecule has 70 heavy (non-hydrogen) atoms. The quantitative estimate of drug-likeness (QED) is 0.172. The minimum atomic E-state index is -0.705. The van der Waals surface area contributed by atoms with Crippen LogP contribution in [-0.2, 0) is 5.41 Å². The number of nitrogens with zero attached hydrogens (tertiary/aromatic N) is 4. The first-order valence-electron chi connectivity index (χ1n) is 23.7. The van der Waals surface area contributed by atoms with Gasteiger partial charge in [0.15, 0.2) is 23.1 Å². The van der Waals surface area contributed by atoms with Gasteiger partial charge in [-0.2, -0.15) is 0 Å². The molecule has 1 aliphatic carbocycles. The topological polar surface area (TPSA) is 66.0 Å². The van der Waals surface area contributed by atoms with Crippen LogP contribution < -0.4 is 4.74 Å². The molecule has 0 saturated carbocycles. The van der Waals surface area contributed by atoms with E-state index in [-0.39, 0.29) is 0 Å². The van der Waals surface area contributed by atoms with Gasteiger partial charge in [0.05, 0.1) is 16.4 Å². The van der Waals surface area contributed by atoms with Crippen molar-refractivity contribution < 1.29 is 9.15 Å². The Kier molecular flexibility index (Phi) is 8.18. The Hall–Kier alpha value is -9.39. The third kappa shape index (κ3) is 5.53. The van der Waals surface area contributed by atoms with Gasteiger partial charge in [-0.3, -0.25) is 0 Å². The maximum absolute atomic E-state index is 6.75. The number of aromatic nitrogens is 4. The zero-order valence-corrected chi connectivity index (χ0v) is 37.5. The van der Waals surface area contributed by atoms with Gasteiger partial charge in [-0.1, -0.05) is 176 Å². The van der Waals surface area contributed by atoms with E-state index in [0.29, 0.717) is 17.5 Å². The summed E-state index contributed by atoms with van der Waals surface area (Å²) in [5, 5.41) is 4.55. The molecule has 2 aliphatic rings. The van der Waals surface area contributed by atoms with E-state index in [9.17, 15) is 0 Å². The lowest BCUT2D eigenvalue weighted by atomic mass is 9.66. The molecule has 326 valence electrons. The summed E-state index contributed by atoms with van der Waals surface area (Å²) < 4.78 is 15.8. The van der Waals surface area contributed by atoms with Crippen molar-refractivity contribution in [3.8, 4) is 73.6 Å². The van der Waals surface area contributed by atoms with E-state index in [1.54, 1.807) is 0 Å². The normalized spacial score (nSPS) is 13.1. The lowest BCUT2D eigenvalue weighted by Crippen LogP contribution is -2.32. The Morgan fingerprint density at radius 2 is 0.914 bits per heavy atom. The number of fused-ring (bicyclic) bond motifs is 16. The van der Waals surface area contributed by atoms with Gasteiger partial charge >= 0.3 is 0 Å². The third-order valence-corrected chi connectivity index (χ3v) is 14.5. The maximum Gasteiger partial charge on any atom is 0.164 e. The van der Waals surface area contributed by atoms with Gasteiger partial charge in [-0.25, -0.2) is 15.0 Å². The molecule has 0 saturated heterocycles. The number of benzene rings is 10. The fourth-order valence-corrected chi connectivity index (χ4v) is 11.5. The second-order valence-corrected chi connectivity index (χ2v) is 18.2. The van der Waals surface area contributed by atoms with Gasteiger partial charge < -0.3 is 13.7 Å². The number of ether oxygens (including phenoxy) is 1. The van der Waals surface area contributed by atoms with Crippen LogP contribution in [0.5, 0.6) is 11.5 Å². The summed E-state index contributed by atoms with van der Waals surface area (Å²) in [4.78, 5) is 15.4. The van der Waals surface area contributed by atoms with E-state index in [1.807, 2.05) is 66.7 Å². The largest absolute Gasteiger partial charge is 0.457 e. The van der Waals surface area contributed by atoms with Crippen molar-refractivity contribution in [1.82, 2.24) is 19.5 Å². The van der Waals surface area contributed by atoms with E-state index in [0.717, 1.165) is 106 Å². The lowest BCUT2D eigenvalue weighted by Gasteiger charge is -2.39. The Balaban J connectivity index is 0.965. The Morgan fingerprint density at radius 3 is 1.63 bits per heavy atom. The van der Waals surface area contributed by atoms with Crippen LogP contribution in [0.2, 0.25) is 0 Å². The first-order chi connectivity index (χ1) is 34.7. The molecule has 13 aromatic rings. The summed E-state index contributed by atoms with van der Waals surface area (Å²) in [5.41, 5.74) is 16.2. The molecule has 4 heterocycles. The van der Waals surface area contributed by atoms with Crippen LogP contribution in [-0.4, -0.2) is 19.5 Å². The second-order valence-electron chi connectivity index (χ2n) is 18.2. The van der Waals surface area contributed by atoms with Crippen molar-refractivity contribution in [3.05, 3.63) is 253 Å². The van der Waals surface area contributed by atoms with E-state index in [1.165, 1.54) is 16.5 Å². The highest BCUT2D eigenvalue weighted by molar-refractivity contribution is 6.21. The highest BCUT2D eigenvalue weighted by atomic mass is 16.5. The van der Waals surface area contributed by atoms with Gasteiger partial charge in [0, 0.05) is 55.0 Å². The number of hydrogen-bond acceptors (Lipinski definition) is 5. The van der Waals surface area contributed by atoms with E-state index in [2.05, 4.69) is 168 Å². The van der Waals surface area contributed by atoms with Crippen LogP contribution in [0, 0.1) is 0 Å². The zero-order valence-electron chi connectivity index (χ0n) is 37.5. The predicted molar refractivity (Wildman–Crippen MR) is 281 cm³/mol. The van der Waals surface area contributed by atoms with Crippen molar-refractivity contribution in [3.63, 3.8) is 0 Å². The van der Waals surface area contributed by atoms with Crippen molar-refractivity contribution in [2.45, 2.75) is 5.41 Å². The van der Waals surface area contributed by atoms with Crippen LogP contribution in [0.25, 0.3) is 106 Å². The van der Waals surface area contributed by atoms with E-state index in [4.69, 9.17) is 24.1 Å². The molecule has 0 atom stereocenters. The van der Waals surface area contributed by atoms with Crippen LogP contribution in [0.1, 0.15) is 22.3 Å². The molecule has 3 aromatic heterocycles. The van der Waals surface area contributed by atoms with E-state index < -0.39 is 5.41 Å². The Labute approximate surface area is 402 Å². The lowest BCUT2D eigenvalue weighted by molar-refractivity contribution is 0.436. The average molecular weight is 895 g/mol. The first kappa shape index (κ1) is 38.7. The van der Waals surface area contributed by atoms with Crippen LogP contribution in [0.4, 0.5) is 0 Å². The van der Waals surface area contributed by atoms with Crippen molar-refractivity contribution in [1.29, 1.82) is 0 Å². The van der Waals surface area contributed by atoms with Gasteiger partial charge in [-0.15, -0.1) is 0 Å². The zero-order chi connectivity index (χ0) is 45.9. The van der Waals surface area contributed by atoms with Crippen LogP contribution in [0.15, 0.2) is 235 Å². The minimum Gasteiger partial charge on any atom is -0.457 e. The van der Waals surface area contributed by atoms with Crippen molar-refractivity contribution >= 4 is 43.7 Å². The maximum atomic E-state index is 6.75. The van der Waals surface area contributed by atoms with Gasteiger partial charge in [0.25, 0.3) is 0 Å². The molecular formula is C64H38N4O2. The van der Waals surface area contributed by atoms with E-state index >= 15 is 0 Å².